The fourth-order valence-electron chi connectivity index (χ4n) is 10.0. The number of fused-ring (bicyclic) bond motifs is 6. The third kappa shape index (κ3) is 9.98. The smallest absolute Gasteiger partial charge is 0.324 e. The molecule has 5 atom stereocenters. The van der Waals surface area contributed by atoms with E-state index in [1.54, 1.807) is 25.3 Å². The van der Waals surface area contributed by atoms with Gasteiger partial charge in [0.05, 0.1) is 41.9 Å². The zero-order valence-electron chi connectivity index (χ0n) is 39.4. The van der Waals surface area contributed by atoms with Gasteiger partial charge < -0.3 is 34.1 Å². The summed E-state index contributed by atoms with van der Waals surface area (Å²) in [4.78, 5) is 84.6. The Morgan fingerprint density at radius 2 is 1.92 bits per heavy atom. The number of amides is 4. The molecule has 7 rings (SSSR count). The largest absolute Gasteiger partial charge is 0.464 e. The number of likely N-dealkylation sites (N-methyl/N-ethyl adjacent to an activating group) is 1. The van der Waals surface area contributed by atoms with E-state index in [2.05, 4.69) is 65.8 Å². The Morgan fingerprint density at radius 3 is 2.65 bits per heavy atom. The molecule has 7 heterocycles. The van der Waals surface area contributed by atoms with Crippen LogP contribution in [0.3, 0.4) is 0 Å². The van der Waals surface area contributed by atoms with E-state index in [0.717, 1.165) is 51.4 Å². The molecule has 0 aliphatic carbocycles. The maximum Gasteiger partial charge on any atom is 0.324 e. The van der Waals surface area contributed by atoms with Gasteiger partial charge in [-0.2, -0.15) is 0 Å². The third-order valence-corrected chi connectivity index (χ3v) is 13.5. The number of methoxy groups -OCH3 is 1. The minimum Gasteiger partial charge on any atom is -0.464 e. The Bertz CT molecular complexity index is 2340. The first-order valence-electron chi connectivity index (χ1n) is 23.2. The predicted molar refractivity (Wildman–Crippen MR) is 248 cm³/mol. The summed E-state index contributed by atoms with van der Waals surface area (Å²) in [5.74, 6) is -2.50. The van der Waals surface area contributed by atoms with Crippen LogP contribution in [0.5, 0.6) is 0 Å². The van der Waals surface area contributed by atoms with Gasteiger partial charge in [-0.05, 0) is 88.1 Å². The van der Waals surface area contributed by atoms with E-state index in [1.165, 1.54) is 16.0 Å². The number of nitrogens with zero attached hydrogens (tertiary/aromatic N) is 7. The van der Waals surface area contributed by atoms with Crippen LogP contribution < -0.4 is 15.6 Å². The van der Waals surface area contributed by atoms with Gasteiger partial charge in [-0.25, -0.2) is 10.4 Å². The molecule has 0 unspecified atom stereocenters. The van der Waals surface area contributed by atoms with Gasteiger partial charge in [0.1, 0.15) is 23.8 Å². The van der Waals surface area contributed by atoms with E-state index in [0.29, 0.717) is 58.3 Å². The second kappa shape index (κ2) is 19.9. The fourth-order valence-corrected chi connectivity index (χ4v) is 10.0. The Hall–Kier alpha value is -5.61. The molecule has 3 aromatic rings. The Morgan fingerprint density at radius 1 is 1.14 bits per heavy atom. The number of cyclic esters (lactones) is 1. The summed E-state index contributed by atoms with van der Waals surface area (Å²) in [5.41, 5.74) is 9.26. The number of carbonyl (C=O) groups is 5. The van der Waals surface area contributed by atoms with Crippen LogP contribution in [0.2, 0.25) is 0 Å². The molecule has 2 saturated heterocycles. The standard InChI is InChI=1S/C49H67N9O7/c1-10-40(59)56-22-18-33(28-56)46(61)54(8)42(30(3)4)45(60)52-39-23-32-15-13-20-55(27-32)34-24-36-37(25-49(6,7)29-65-48(63)38-17-14-21-58(53-38)47(39)62)43(57(11-2)44(36)51-26-34)35-16-12-19-50-41(35)31(5)64-9/h10,12,15-16,19,24,26,30-31,33,38-39,42,53H,1,11,13-14,17-18,20-23,25,27-29H2,2-9H3,(H,52,60)/t31-,33-,38-,39-,42-/m0/s1. The van der Waals surface area contributed by atoms with Gasteiger partial charge in [0.2, 0.25) is 17.7 Å². The number of rotatable bonds is 10. The fraction of sp³-hybridized carbons (Fsp3) is 0.571. The summed E-state index contributed by atoms with van der Waals surface area (Å²) in [7, 11) is 3.30. The van der Waals surface area contributed by atoms with Gasteiger partial charge in [0.25, 0.3) is 5.91 Å². The number of ether oxygens (including phenoxy) is 2. The average molecular weight is 894 g/mol. The molecule has 4 aliphatic heterocycles. The van der Waals surface area contributed by atoms with E-state index in [9.17, 15) is 24.0 Å². The molecular formula is C49H67N9O7. The highest BCUT2D eigenvalue weighted by atomic mass is 16.5. The molecule has 16 nitrogen and oxygen atoms in total. The molecule has 4 amide bonds. The summed E-state index contributed by atoms with van der Waals surface area (Å²) in [5, 5.41) is 5.53. The van der Waals surface area contributed by atoms with Crippen LogP contribution in [0.1, 0.15) is 91.0 Å². The summed E-state index contributed by atoms with van der Waals surface area (Å²) >= 11 is 0. The van der Waals surface area contributed by atoms with E-state index < -0.39 is 41.3 Å². The molecule has 2 N–H and O–H groups in total. The van der Waals surface area contributed by atoms with Crippen LogP contribution in [0.4, 0.5) is 5.69 Å². The summed E-state index contributed by atoms with van der Waals surface area (Å²) in [6, 6.07) is 3.56. The SMILES string of the molecule is C=CC(=O)N1CC[C@H](C(=O)N(C)[C@H](C(=O)N[C@H]2CC3=CCCN(C3)c3cnc4c(c3)c(c(-c3cccnc3[C@H](C)OC)n4CC)CC(C)(C)COC(=O)[C@@H]3CCCN(N3)C2=O)C(C)C)C1. The molecule has 4 aliphatic rings. The first-order valence-corrected chi connectivity index (χ1v) is 23.2. The van der Waals surface area contributed by atoms with E-state index in [-0.39, 0.29) is 49.3 Å². The normalized spacial score (nSPS) is 22.5. The van der Waals surface area contributed by atoms with Crippen molar-refractivity contribution in [3.8, 4) is 11.3 Å². The third-order valence-electron chi connectivity index (χ3n) is 13.5. The number of hydrogen-bond acceptors (Lipinski definition) is 11. The van der Waals surface area contributed by atoms with Crippen LogP contribution in [0, 0.1) is 17.3 Å². The zero-order valence-corrected chi connectivity index (χ0v) is 39.4. The number of esters is 1. The van der Waals surface area contributed by atoms with Gasteiger partial charge in [-0.15, -0.1) is 0 Å². The topological polar surface area (TPSA) is 172 Å². The van der Waals surface area contributed by atoms with Crippen molar-refractivity contribution >= 4 is 46.3 Å². The summed E-state index contributed by atoms with van der Waals surface area (Å²) in [6.45, 7) is 18.7. The van der Waals surface area contributed by atoms with Crippen LogP contribution in [-0.4, -0.2) is 131 Å². The van der Waals surface area contributed by atoms with Crippen molar-refractivity contribution < 1.29 is 33.4 Å². The van der Waals surface area contributed by atoms with E-state index in [1.807, 2.05) is 33.0 Å². The number of aromatic nitrogens is 3. The molecule has 65 heavy (non-hydrogen) atoms. The molecule has 0 saturated carbocycles. The lowest BCUT2D eigenvalue weighted by atomic mass is 9.84. The van der Waals surface area contributed by atoms with Gasteiger partial charge in [-0.1, -0.05) is 45.9 Å². The molecule has 0 radical (unpaired) electrons. The average Bonchev–Trinajstić information content (AvgIpc) is 3.92. The molecular weight excluding hydrogens is 827 g/mol. The van der Waals surface area contributed by atoms with Crippen molar-refractivity contribution in [1.29, 1.82) is 0 Å². The summed E-state index contributed by atoms with van der Waals surface area (Å²) in [6.07, 6.45) is 9.83. The lowest BCUT2D eigenvalue weighted by Crippen LogP contribution is -2.62. The summed E-state index contributed by atoms with van der Waals surface area (Å²) < 4.78 is 14.2. The Labute approximate surface area is 382 Å². The molecule has 0 aromatic carbocycles. The minimum atomic E-state index is -1.01. The van der Waals surface area contributed by atoms with Crippen molar-refractivity contribution in [2.45, 2.75) is 111 Å². The van der Waals surface area contributed by atoms with E-state index >= 15 is 0 Å². The second-order valence-electron chi connectivity index (χ2n) is 19.2. The molecule has 350 valence electrons. The quantitative estimate of drug-likeness (QED) is 0.160. The molecule has 0 spiro atoms. The van der Waals surface area contributed by atoms with Crippen molar-refractivity contribution in [3.63, 3.8) is 0 Å². The van der Waals surface area contributed by atoms with Crippen molar-refractivity contribution in [1.82, 2.24) is 40.1 Å². The predicted octanol–water partition coefficient (Wildman–Crippen LogP) is 4.98. The van der Waals surface area contributed by atoms with Gasteiger partial charge >= 0.3 is 5.97 Å². The van der Waals surface area contributed by atoms with Gasteiger partial charge in [0, 0.05) is 76.0 Å². The van der Waals surface area contributed by atoms with Gasteiger partial charge in [-0.3, -0.25) is 34.0 Å². The Balaban J connectivity index is 1.25. The first kappa shape index (κ1) is 47.4. The number of pyridine rings is 2. The number of hydrazine groups is 1. The maximum atomic E-state index is 14.7. The Kier molecular flexibility index (Phi) is 14.5. The number of hydrogen-bond donors (Lipinski definition) is 2. The highest BCUT2D eigenvalue weighted by molar-refractivity contribution is 5.94. The van der Waals surface area contributed by atoms with Crippen molar-refractivity contribution in [2.24, 2.45) is 17.3 Å². The zero-order chi connectivity index (χ0) is 46.7. The molecule has 2 fully saturated rings. The number of likely N-dealkylation sites (tertiary alicyclic amines) is 1. The van der Waals surface area contributed by atoms with Gasteiger partial charge in [0.15, 0.2) is 0 Å². The molecule has 6 bridgehead atoms. The van der Waals surface area contributed by atoms with Crippen molar-refractivity contribution in [3.05, 3.63) is 66.2 Å². The highest BCUT2D eigenvalue weighted by Gasteiger charge is 2.40. The number of nitrogens with one attached hydrogen (secondary N) is 2. The lowest BCUT2D eigenvalue weighted by molar-refractivity contribution is -0.155. The number of anilines is 1. The lowest BCUT2D eigenvalue weighted by Gasteiger charge is -2.38. The van der Waals surface area contributed by atoms with Crippen LogP contribution in [0.15, 0.2) is 54.9 Å². The van der Waals surface area contributed by atoms with Crippen LogP contribution in [0.25, 0.3) is 22.3 Å². The number of carbonyl (C=O) groups excluding carboxylic acids is 5. The van der Waals surface area contributed by atoms with Crippen LogP contribution >= 0.6 is 0 Å². The number of aryl methyl sites for hydroxylation is 1. The van der Waals surface area contributed by atoms with E-state index in [4.69, 9.17) is 19.4 Å². The molecule has 16 heteroatoms. The van der Waals surface area contributed by atoms with Crippen molar-refractivity contribution in [2.75, 3.05) is 58.4 Å². The monoisotopic (exact) mass is 894 g/mol. The highest BCUT2D eigenvalue weighted by Crippen LogP contribution is 2.41. The minimum absolute atomic E-state index is 0.128. The maximum absolute atomic E-state index is 14.7. The van der Waals surface area contributed by atoms with Crippen LogP contribution in [-0.2, 0) is 46.4 Å². The molecule has 3 aromatic heterocycles. The first-order chi connectivity index (χ1) is 31.0. The second-order valence-corrected chi connectivity index (χ2v) is 19.2.